The van der Waals surface area contributed by atoms with Crippen molar-refractivity contribution in [3.63, 3.8) is 0 Å². The fourth-order valence-electron chi connectivity index (χ4n) is 2.01. The first-order chi connectivity index (χ1) is 7.70. The fraction of sp³-hybridized carbons (Fsp3) is 0.800. The van der Waals surface area contributed by atoms with E-state index in [2.05, 4.69) is 10.6 Å². The van der Waals surface area contributed by atoms with Gasteiger partial charge in [0.15, 0.2) is 0 Å². The van der Waals surface area contributed by atoms with Gasteiger partial charge in [0.2, 0.25) is 11.8 Å². The standard InChI is InChI=1S/C10H17N3O3/c1-7-9(14)12-2-4-13(7)10(15)8-6-16-5-3-11-8/h7-8,11H,2-6H2,1H3,(H,12,14). The third-order valence-electron chi connectivity index (χ3n) is 3.00. The Morgan fingerprint density at radius 3 is 3.00 bits per heavy atom. The summed E-state index contributed by atoms with van der Waals surface area (Å²) in [5, 5.41) is 5.84. The van der Waals surface area contributed by atoms with Crippen molar-refractivity contribution in [3.05, 3.63) is 0 Å². The Hall–Kier alpha value is -1.14. The van der Waals surface area contributed by atoms with Crippen LogP contribution in [0.25, 0.3) is 0 Å². The molecule has 90 valence electrons. The van der Waals surface area contributed by atoms with Gasteiger partial charge in [-0.25, -0.2) is 0 Å². The zero-order valence-electron chi connectivity index (χ0n) is 9.36. The number of nitrogens with one attached hydrogen (secondary N) is 2. The topological polar surface area (TPSA) is 70.7 Å². The number of amides is 2. The first-order valence-electron chi connectivity index (χ1n) is 5.59. The number of morpholine rings is 1. The van der Waals surface area contributed by atoms with Crippen LogP contribution >= 0.6 is 0 Å². The molecule has 2 aliphatic rings. The first kappa shape index (κ1) is 11.3. The SMILES string of the molecule is CC1C(=O)NCCN1C(=O)C1COCCN1. The molecule has 0 spiro atoms. The Labute approximate surface area is 94.3 Å². The van der Waals surface area contributed by atoms with Crippen LogP contribution in [0.2, 0.25) is 0 Å². The highest BCUT2D eigenvalue weighted by atomic mass is 16.5. The summed E-state index contributed by atoms with van der Waals surface area (Å²) in [6.45, 7) is 4.57. The quantitative estimate of drug-likeness (QED) is 0.561. The highest BCUT2D eigenvalue weighted by Crippen LogP contribution is 2.08. The van der Waals surface area contributed by atoms with E-state index in [0.717, 1.165) is 0 Å². The molecule has 16 heavy (non-hydrogen) atoms. The second kappa shape index (κ2) is 4.80. The molecule has 0 aromatic heterocycles. The van der Waals surface area contributed by atoms with Gasteiger partial charge in [0.05, 0.1) is 13.2 Å². The second-order valence-electron chi connectivity index (χ2n) is 4.08. The van der Waals surface area contributed by atoms with Gasteiger partial charge in [-0.05, 0) is 6.92 Å². The van der Waals surface area contributed by atoms with Crippen LogP contribution in [0.15, 0.2) is 0 Å². The van der Waals surface area contributed by atoms with Crippen LogP contribution in [-0.2, 0) is 14.3 Å². The van der Waals surface area contributed by atoms with Crippen molar-refractivity contribution in [2.75, 3.05) is 32.8 Å². The summed E-state index contributed by atoms with van der Waals surface area (Å²) in [4.78, 5) is 25.2. The van der Waals surface area contributed by atoms with Crippen LogP contribution in [0.3, 0.4) is 0 Å². The van der Waals surface area contributed by atoms with E-state index in [0.29, 0.717) is 32.8 Å². The van der Waals surface area contributed by atoms with Gasteiger partial charge >= 0.3 is 0 Å². The van der Waals surface area contributed by atoms with Gasteiger partial charge in [0.1, 0.15) is 12.1 Å². The van der Waals surface area contributed by atoms with Gasteiger partial charge in [-0.15, -0.1) is 0 Å². The van der Waals surface area contributed by atoms with Crippen molar-refractivity contribution in [1.82, 2.24) is 15.5 Å². The van der Waals surface area contributed by atoms with E-state index in [1.807, 2.05) is 0 Å². The third-order valence-corrected chi connectivity index (χ3v) is 3.00. The van der Waals surface area contributed by atoms with E-state index in [1.165, 1.54) is 0 Å². The predicted molar refractivity (Wildman–Crippen MR) is 56.8 cm³/mol. The molecule has 6 heteroatoms. The number of hydrogen-bond acceptors (Lipinski definition) is 4. The van der Waals surface area contributed by atoms with Crippen molar-refractivity contribution in [2.45, 2.75) is 19.0 Å². The largest absolute Gasteiger partial charge is 0.378 e. The molecule has 0 saturated carbocycles. The molecule has 2 heterocycles. The van der Waals surface area contributed by atoms with Crippen LogP contribution < -0.4 is 10.6 Å². The zero-order chi connectivity index (χ0) is 11.5. The number of piperazine rings is 1. The maximum atomic E-state index is 12.1. The summed E-state index contributed by atoms with van der Waals surface area (Å²) >= 11 is 0. The molecule has 0 radical (unpaired) electrons. The van der Waals surface area contributed by atoms with E-state index in [1.54, 1.807) is 11.8 Å². The lowest BCUT2D eigenvalue weighted by atomic mass is 10.1. The van der Waals surface area contributed by atoms with Crippen LogP contribution in [0.4, 0.5) is 0 Å². The number of ether oxygens (including phenoxy) is 1. The van der Waals surface area contributed by atoms with Crippen LogP contribution in [-0.4, -0.2) is 61.6 Å². The average Bonchev–Trinajstić information content (AvgIpc) is 2.33. The Kier molecular flexibility index (Phi) is 3.40. The summed E-state index contributed by atoms with van der Waals surface area (Å²) in [7, 11) is 0. The Morgan fingerprint density at radius 2 is 2.31 bits per heavy atom. The summed E-state index contributed by atoms with van der Waals surface area (Å²) < 4.78 is 5.25. The summed E-state index contributed by atoms with van der Waals surface area (Å²) in [5.74, 6) is -0.127. The Morgan fingerprint density at radius 1 is 1.50 bits per heavy atom. The molecule has 2 saturated heterocycles. The second-order valence-corrected chi connectivity index (χ2v) is 4.08. The maximum Gasteiger partial charge on any atom is 0.242 e. The lowest BCUT2D eigenvalue weighted by Gasteiger charge is -2.36. The normalized spacial score (nSPS) is 31.1. The molecule has 0 aromatic carbocycles. The molecule has 2 aliphatic heterocycles. The predicted octanol–water partition coefficient (Wildman–Crippen LogP) is -1.68. The first-order valence-corrected chi connectivity index (χ1v) is 5.59. The molecule has 2 unspecified atom stereocenters. The Bertz CT molecular complexity index is 289. The minimum absolute atomic E-state index is 0.0398. The van der Waals surface area contributed by atoms with Gasteiger partial charge < -0.3 is 20.3 Å². The van der Waals surface area contributed by atoms with Crippen molar-refractivity contribution in [3.8, 4) is 0 Å². The summed E-state index contributed by atoms with van der Waals surface area (Å²) in [5.41, 5.74) is 0. The molecule has 0 bridgehead atoms. The highest BCUT2D eigenvalue weighted by Gasteiger charge is 2.33. The average molecular weight is 227 g/mol. The summed E-state index contributed by atoms with van der Waals surface area (Å²) in [6.07, 6.45) is 0. The van der Waals surface area contributed by atoms with Gasteiger partial charge in [0.25, 0.3) is 0 Å². The van der Waals surface area contributed by atoms with E-state index in [-0.39, 0.29) is 23.9 Å². The molecule has 0 aliphatic carbocycles. The molecular weight excluding hydrogens is 210 g/mol. The lowest BCUT2D eigenvalue weighted by molar-refractivity contribution is -0.146. The van der Waals surface area contributed by atoms with E-state index < -0.39 is 0 Å². The number of rotatable bonds is 1. The molecular formula is C10H17N3O3. The molecule has 2 rings (SSSR count). The number of hydrogen-bond donors (Lipinski definition) is 2. The van der Waals surface area contributed by atoms with Crippen LogP contribution in [0.1, 0.15) is 6.92 Å². The Balaban J connectivity index is 1.99. The van der Waals surface area contributed by atoms with Crippen molar-refractivity contribution in [2.24, 2.45) is 0 Å². The van der Waals surface area contributed by atoms with Crippen LogP contribution in [0, 0.1) is 0 Å². The van der Waals surface area contributed by atoms with Crippen molar-refractivity contribution >= 4 is 11.8 Å². The van der Waals surface area contributed by atoms with Gasteiger partial charge in [0, 0.05) is 19.6 Å². The maximum absolute atomic E-state index is 12.1. The number of carbonyl (C=O) groups is 2. The lowest BCUT2D eigenvalue weighted by Crippen LogP contribution is -2.61. The van der Waals surface area contributed by atoms with Gasteiger partial charge in [-0.1, -0.05) is 0 Å². The highest BCUT2D eigenvalue weighted by molar-refractivity contribution is 5.90. The number of nitrogens with zero attached hydrogens (tertiary/aromatic N) is 1. The smallest absolute Gasteiger partial charge is 0.242 e. The molecule has 2 N–H and O–H groups in total. The third kappa shape index (κ3) is 2.17. The minimum Gasteiger partial charge on any atom is -0.378 e. The van der Waals surface area contributed by atoms with Crippen molar-refractivity contribution < 1.29 is 14.3 Å². The minimum atomic E-state index is -0.384. The van der Waals surface area contributed by atoms with E-state index in [4.69, 9.17) is 4.74 Å². The van der Waals surface area contributed by atoms with Gasteiger partial charge in [-0.2, -0.15) is 0 Å². The monoisotopic (exact) mass is 227 g/mol. The molecule has 0 aromatic rings. The molecule has 2 atom stereocenters. The fourth-order valence-corrected chi connectivity index (χ4v) is 2.01. The molecule has 2 amide bonds. The molecule has 2 fully saturated rings. The van der Waals surface area contributed by atoms with Gasteiger partial charge in [-0.3, -0.25) is 9.59 Å². The number of carbonyl (C=O) groups excluding carboxylic acids is 2. The summed E-state index contributed by atoms with van der Waals surface area (Å²) in [6, 6.07) is -0.688. The van der Waals surface area contributed by atoms with Crippen molar-refractivity contribution in [1.29, 1.82) is 0 Å². The molecule has 6 nitrogen and oxygen atoms in total. The van der Waals surface area contributed by atoms with E-state index in [9.17, 15) is 9.59 Å². The van der Waals surface area contributed by atoms with E-state index >= 15 is 0 Å². The van der Waals surface area contributed by atoms with Crippen LogP contribution in [0.5, 0.6) is 0 Å². The zero-order valence-corrected chi connectivity index (χ0v) is 9.36.